The minimum atomic E-state index is -3.71. The van der Waals surface area contributed by atoms with Crippen molar-refractivity contribution in [3.8, 4) is 0 Å². The van der Waals surface area contributed by atoms with E-state index in [9.17, 15) is 8.42 Å². The number of halogens is 1. The van der Waals surface area contributed by atoms with Gasteiger partial charge in [0.25, 0.3) is 0 Å². The Morgan fingerprint density at radius 1 is 1.48 bits per heavy atom. The van der Waals surface area contributed by atoms with Gasteiger partial charge >= 0.3 is 0 Å². The van der Waals surface area contributed by atoms with Crippen LogP contribution in [0.1, 0.15) is 30.8 Å². The summed E-state index contributed by atoms with van der Waals surface area (Å²) in [5.41, 5.74) is 6.59. The number of aromatic amines is 1. The van der Waals surface area contributed by atoms with E-state index < -0.39 is 16.1 Å². The number of H-pyrrole nitrogens is 1. The van der Waals surface area contributed by atoms with Gasteiger partial charge in [0.1, 0.15) is 5.82 Å². The first-order valence-corrected chi connectivity index (χ1v) is 8.28. The van der Waals surface area contributed by atoms with Gasteiger partial charge < -0.3 is 10.7 Å². The number of nitrogens with zero attached hydrogens (tertiary/aromatic N) is 1. The SMILES string of the molecule is CCC(NS(=O)(=O)c1cc(C)c(Cl)c(N)c1)c1ncc[nH]1. The van der Waals surface area contributed by atoms with Crippen molar-refractivity contribution in [3.63, 3.8) is 0 Å². The largest absolute Gasteiger partial charge is 0.397 e. The van der Waals surface area contributed by atoms with Gasteiger partial charge in [-0.3, -0.25) is 0 Å². The van der Waals surface area contributed by atoms with Crippen LogP contribution in [0, 0.1) is 6.92 Å². The highest BCUT2D eigenvalue weighted by molar-refractivity contribution is 7.89. The highest BCUT2D eigenvalue weighted by atomic mass is 35.5. The summed E-state index contributed by atoms with van der Waals surface area (Å²) < 4.78 is 27.5. The van der Waals surface area contributed by atoms with Gasteiger partial charge in [0.15, 0.2) is 0 Å². The third kappa shape index (κ3) is 3.37. The van der Waals surface area contributed by atoms with Crippen molar-refractivity contribution in [2.45, 2.75) is 31.2 Å². The van der Waals surface area contributed by atoms with Crippen LogP contribution in [-0.2, 0) is 10.0 Å². The van der Waals surface area contributed by atoms with E-state index in [-0.39, 0.29) is 10.6 Å². The summed E-state index contributed by atoms with van der Waals surface area (Å²) >= 11 is 5.96. The topological polar surface area (TPSA) is 101 Å². The van der Waals surface area contributed by atoms with Gasteiger partial charge in [0.05, 0.1) is 21.6 Å². The van der Waals surface area contributed by atoms with E-state index in [2.05, 4.69) is 14.7 Å². The average molecular weight is 329 g/mol. The van der Waals surface area contributed by atoms with Crippen molar-refractivity contribution >= 4 is 27.3 Å². The molecule has 0 fully saturated rings. The monoisotopic (exact) mass is 328 g/mol. The number of rotatable bonds is 5. The van der Waals surface area contributed by atoms with E-state index >= 15 is 0 Å². The van der Waals surface area contributed by atoms with Crippen molar-refractivity contribution < 1.29 is 8.42 Å². The van der Waals surface area contributed by atoms with Crippen LogP contribution < -0.4 is 10.5 Å². The van der Waals surface area contributed by atoms with Gasteiger partial charge in [-0.05, 0) is 31.0 Å². The van der Waals surface area contributed by atoms with E-state index in [0.717, 1.165) is 0 Å². The van der Waals surface area contributed by atoms with Crippen molar-refractivity contribution in [1.29, 1.82) is 0 Å². The first kappa shape index (κ1) is 15.8. The summed E-state index contributed by atoms with van der Waals surface area (Å²) in [4.78, 5) is 7.09. The normalized spacial score (nSPS) is 13.3. The standard InChI is InChI=1S/C13H17ClN4O2S/c1-3-11(13-16-4-5-17-13)18-21(19,20)9-6-8(2)12(14)10(15)7-9/h4-7,11,18H,3,15H2,1-2H3,(H,16,17). The molecule has 0 aliphatic rings. The fraction of sp³-hybridized carbons (Fsp3) is 0.308. The number of nitrogens with one attached hydrogen (secondary N) is 2. The predicted molar refractivity (Wildman–Crippen MR) is 82.5 cm³/mol. The molecule has 1 aromatic heterocycles. The molecule has 0 aliphatic carbocycles. The fourth-order valence-electron chi connectivity index (χ4n) is 1.97. The zero-order valence-corrected chi connectivity index (χ0v) is 13.3. The molecule has 0 bridgehead atoms. The molecule has 4 N–H and O–H groups in total. The minimum absolute atomic E-state index is 0.0897. The number of anilines is 1. The number of nitrogens with two attached hydrogens (primary N) is 1. The summed E-state index contributed by atoms with van der Waals surface area (Å²) in [6.07, 6.45) is 3.79. The summed E-state index contributed by atoms with van der Waals surface area (Å²) in [5.74, 6) is 0.569. The number of nitrogen functional groups attached to an aromatic ring is 1. The van der Waals surface area contributed by atoms with Crippen molar-refractivity contribution in [3.05, 3.63) is 40.9 Å². The van der Waals surface area contributed by atoms with Gasteiger partial charge in [0.2, 0.25) is 10.0 Å². The number of imidazole rings is 1. The zero-order valence-electron chi connectivity index (χ0n) is 11.7. The third-order valence-corrected chi connectivity index (χ3v) is 5.09. The van der Waals surface area contributed by atoms with E-state index in [1.807, 2.05) is 6.92 Å². The van der Waals surface area contributed by atoms with Crippen LogP contribution in [-0.4, -0.2) is 18.4 Å². The van der Waals surface area contributed by atoms with Crippen LogP contribution in [0.4, 0.5) is 5.69 Å². The van der Waals surface area contributed by atoms with Gasteiger partial charge in [-0.25, -0.2) is 18.1 Å². The number of hydrogen-bond acceptors (Lipinski definition) is 4. The second kappa shape index (κ2) is 6.05. The maximum absolute atomic E-state index is 12.5. The molecule has 8 heteroatoms. The van der Waals surface area contributed by atoms with Gasteiger partial charge in [-0.1, -0.05) is 18.5 Å². The van der Waals surface area contributed by atoms with Crippen LogP contribution in [0.15, 0.2) is 29.4 Å². The van der Waals surface area contributed by atoms with Gasteiger partial charge in [-0.2, -0.15) is 0 Å². The van der Waals surface area contributed by atoms with Crippen LogP contribution in [0.3, 0.4) is 0 Å². The molecule has 1 unspecified atom stereocenters. The lowest BCUT2D eigenvalue weighted by atomic mass is 10.2. The second-order valence-electron chi connectivity index (χ2n) is 4.70. The number of sulfonamides is 1. The van der Waals surface area contributed by atoms with Crippen molar-refractivity contribution in [2.75, 3.05) is 5.73 Å². The highest BCUT2D eigenvalue weighted by Gasteiger charge is 2.23. The second-order valence-corrected chi connectivity index (χ2v) is 6.79. The zero-order chi connectivity index (χ0) is 15.6. The molecule has 1 aromatic carbocycles. The molecule has 6 nitrogen and oxygen atoms in total. The molecular formula is C13H17ClN4O2S. The summed E-state index contributed by atoms with van der Waals surface area (Å²) in [6, 6.07) is 2.42. The highest BCUT2D eigenvalue weighted by Crippen LogP contribution is 2.27. The summed E-state index contributed by atoms with van der Waals surface area (Å²) in [6.45, 7) is 3.58. The van der Waals surface area contributed by atoms with Crippen molar-refractivity contribution in [2.24, 2.45) is 0 Å². The maximum atomic E-state index is 12.5. The average Bonchev–Trinajstić information content (AvgIpc) is 2.95. The minimum Gasteiger partial charge on any atom is -0.397 e. The van der Waals surface area contributed by atoms with E-state index in [0.29, 0.717) is 22.8 Å². The lowest BCUT2D eigenvalue weighted by Gasteiger charge is -2.16. The maximum Gasteiger partial charge on any atom is 0.241 e. The number of benzene rings is 1. The number of aryl methyl sites for hydroxylation is 1. The predicted octanol–water partition coefficient (Wildman–Crippen LogP) is 2.38. The first-order chi connectivity index (χ1) is 9.85. The van der Waals surface area contributed by atoms with Crippen LogP contribution in [0.25, 0.3) is 0 Å². The quantitative estimate of drug-likeness (QED) is 0.733. The molecular weight excluding hydrogens is 312 g/mol. The molecule has 2 rings (SSSR count). The number of hydrogen-bond donors (Lipinski definition) is 3. The Labute approximate surface area is 128 Å². The fourth-order valence-corrected chi connectivity index (χ4v) is 3.49. The Kier molecular flexibility index (Phi) is 4.55. The number of aromatic nitrogens is 2. The molecule has 1 heterocycles. The van der Waals surface area contributed by atoms with E-state index in [1.54, 1.807) is 19.3 Å². The molecule has 114 valence electrons. The summed E-state index contributed by atoms with van der Waals surface area (Å²) in [7, 11) is -3.71. The van der Waals surface area contributed by atoms with Crippen LogP contribution in [0.5, 0.6) is 0 Å². The molecule has 0 amide bonds. The molecule has 0 saturated heterocycles. The Bertz CT molecular complexity index is 706. The molecule has 21 heavy (non-hydrogen) atoms. The van der Waals surface area contributed by atoms with Crippen LogP contribution >= 0.6 is 11.6 Å². The molecule has 1 atom stereocenters. The Balaban J connectivity index is 2.34. The van der Waals surface area contributed by atoms with E-state index in [4.69, 9.17) is 17.3 Å². The summed E-state index contributed by atoms with van der Waals surface area (Å²) in [5, 5.41) is 0.368. The molecule has 0 spiro atoms. The molecule has 2 aromatic rings. The molecule has 0 aliphatic heterocycles. The van der Waals surface area contributed by atoms with Crippen LogP contribution in [0.2, 0.25) is 5.02 Å². The Hall–Kier alpha value is -1.57. The first-order valence-electron chi connectivity index (χ1n) is 6.42. The Morgan fingerprint density at radius 3 is 2.71 bits per heavy atom. The lowest BCUT2D eigenvalue weighted by Crippen LogP contribution is -2.29. The smallest absolute Gasteiger partial charge is 0.241 e. The van der Waals surface area contributed by atoms with E-state index in [1.165, 1.54) is 12.1 Å². The molecule has 0 saturated carbocycles. The third-order valence-electron chi connectivity index (χ3n) is 3.12. The van der Waals surface area contributed by atoms with Gasteiger partial charge in [-0.15, -0.1) is 0 Å². The van der Waals surface area contributed by atoms with Crippen molar-refractivity contribution in [1.82, 2.24) is 14.7 Å². The molecule has 0 radical (unpaired) electrons. The lowest BCUT2D eigenvalue weighted by molar-refractivity contribution is 0.539. The Morgan fingerprint density at radius 2 is 2.19 bits per heavy atom. The van der Waals surface area contributed by atoms with Gasteiger partial charge in [0, 0.05) is 12.4 Å².